The average molecular weight is 446 g/mol. The molecule has 8 nitrogen and oxygen atoms in total. The minimum atomic E-state index is -0.446. The first-order valence-corrected chi connectivity index (χ1v) is 12.2. The van der Waals surface area contributed by atoms with Gasteiger partial charge in [-0.25, -0.2) is 9.59 Å². The van der Waals surface area contributed by atoms with Crippen LogP contribution in [0.2, 0.25) is 0 Å². The summed E-state index contributed by atoms with van der Waals surface area (Å²) < 4.78 is 7.14. The summed E-state index contributed by atoms with van der Waals surface area (Å²) in [5, 5.41) is 3.04. The van der Waals surface area contributed by atoms with Gasteiger partial charge in [0.15, 0.2) is 0 Å². The SMILES string of the molecule is CC(C)(C)OC(=O)NC1CC2(CCN(C[C@H]3CC[C@H](n4ccc(N)nc4=O)CC3)CC2)C1. The summed E-state index contributed by atoms with van der Waals surface area (Å²) in [7, 11) is 0. The number of aromatic nitrogens is 2. The number of nitrogens with two attached hydrogens (primary N) is 1. The maximum absolute atomic E-state index is 12.1. The van der Waals surface area contributed by atoms with Crippen LogP contribution in [0.15, 0.2) is 17.1 Å². The Balaban J connectivity index is 1.16. The third kappa shape index (κ3) is 5.63. The van der Waals surface area contributed by atoms with Crippen molar-refractivity contribution in [2.75, 3.05) is 25.4 Å². The number of nitrogen functional groups attached to an aromatic ring is 1. The molecule has 1 aromatic heterocycles. The smallest absolute Gasteiger partial charge is 0.407 e. The topological polar surface area (TPSA) is 102 Å². The van der Waals surface area contributed by atoms with Crippen molar-refractivity contribution < 1.29 is 9.53 Å². The van der Waals surface area contributed by atoms with Crippen molar-refractivity contribution in [3.05, 3.63) is 22.7 Å². The molecule has 1 aromatic rings. The standard InChI is InChI=1S/C24H39N5O3/c1-23(2,3)32-22(31)26-18-14-24(15-18)9-12-28(13-10-24)16-17-4-6-19(7-5-17)29-11-8-20(25)27-21(29)30/h8,11,17-19H,4-7,9-10,12-16H2,1-3H3,(H,26,31)(H2,25,27,30)/t17-,19-. The van der Waals surface area contributed by atoms with Crippen LogP contribution < -0.4 is 16.7 Å². The second-order valence-electron chi connectivity index (χ2n) is 11.3. The summed E-state index contributed by atoms with van der Waals surface area (Å²) >= 11 is 0. The Labute approximate surface area is 190 Å². The lowest BCUT2D eigenvalue weighted by Gasteiger charge is -2.52. The van der Waals surface area contributed by atoms with Gasteiger partial charge in [0.1, 0.15) is 11.4 Å². The lowest BCUT2D eigenvalue weighted by Crippen LogP contribution is -2.55. The minimum absolute atomic E-state index is 0.227. The number of likely N-dealkylation sites (tertiary alicyclic amines) is 1. The highest BCUT2D eigenvalue weighted by Crippen LogP contribution is 2.49. The van der Waals surface area contributed by atoms with Gasteiger partial charge in [-0.1, -0.05) is 0 Å². The Morgan fingerprint density at radius 1 is 1.22 bits per heavy atom. The van der Waals surface area contributed by atoms with Gasteiger partial charge in [0.25, 0.3) is 0 Å². The first kappa shape index (κ1) is 23.1. The summed E-state index contributed by atoms with van der Waals surface area (Å²) in [5.41, 5.74) is 5.35. The molecule has 8 heteroatoms. The van der Waals surface area contributed by atoms with Gasteiger partial charge in [0, 0.05) is 24.8 Å². The van der Waals surface area contributed by atoms with Crippen molar-refractivity contribution in [3.8, 4) is 0 Å². The van der Waals surface area contributed by atoms with Gasteiger partial charge >= 0.3 is 11.8 Å². The van der Waals surface area contributed by atoms with E-state index >= 15 is 0 Å². The molecule has 3 aliphatic rings. The van der Waals surface area contributed by atoms with E-state index in [0.717, 1.165) is 58.2 Å². The van der Waals surface area contributed by atoms with Crippen LogP contribution in [0.4, 0.5) is 10.6 Å². The highest BCUT2D eigenvalue weighted by Gasteiger charge is 2.46. The highest BCUT2D eigenvalue weighted by molar-refractivity contribution is 5.68. The Hall–Kier alpha value is -2.09. The van der Waals surface area contributed by atoms with Crippen LogP contribution in [0.5, 0.6) is 0 Å². The van der Waals surface area contributed by atoms with Crippen molar-refractivity contribution >= 4 is 11.9 Å². The molecule has 1 saturated heterocycles. The molecule has 1 spiro atoms. The summed E-state index contributed by atoms with van der Waals surface area (Å²) in [6, 6.07) is 2.23. The van der Waals surface area contributed by atoms with Crippen molar-refractivity contribution in [3.63, 3.8) is 0 Å². The zero-order chi connectivity index (χ0) is 22.9. The molecule has 3 fully saturated rings. The molecule has 0 unspecified atom stereocenters. The number of anilines is 1. The summed E-state index contributed by atoms with van der Waals surface area (Å²) in [5.74, 6) is 1.00. The van der Waals surface area contributed by atoms with Gasteiger partial charge in [-0.2, -0.15) is 4.98 Å². The van der Waals surface area contributed by atoms with E-state index in [1.165, 1.54) is 12.8 Å². The number of carbonyl (C=O) groups excluding carboxylic acids is 1. The second kappa shape index (κ2) is 9.04. The van der Waals surface area contributed by atoms with E-state index in [1.807, 2.05) is 20.8 Å². The van der Waals surface area contributed by atoms with Gasteiger partial charge in [-0.05, 0) is 103 Å². The van der Waals surface area contributed by atoms with Crippen LogP contribution >= 0.6 is 0 Å². The molecule has 0 atom stereocenters. The van der Waals surface area contributed by atoms with Crippen molar-refractivity contribution in [2.45, 2.75) is 89.8 Å². The molecule has 0 aromatic carbocycles. The number of ether oxygens (including phenoxy) is 1. The Morgan fingerprint density at radius 3 is 2.47 bits per heavy atom. The number of nitrogens with one attached hydrogen (secondary N) is 1. The lowest BCUT2D eigenvalue weighted by atomic mass is 9.60. The molecular formula is C24H39N5O3. The van der Waals surface area contributed by atoms with Crippen molar-refractivity contribution in [1.82, 2.24) is 19.8 Å². The Morgan fingerprint density at radius 2 is 1.88 bits per heavy atom. The van der Waals surface area contributed by atoms with E-state index in [2.05, 4.69) is 15.2 Å². The van der Waals surface area contributed by atoms with Gasteiger partial charge in [-0.15, -0.1) is 0 Å². The third-order valence-corrected chi connectivity index (χ3v) is 7.57. The largest absolute Gasteiger partial charge is 0.444 e. The Bertz CT molecular complexity index is 853. The molecule has 1 aliphatic heterocycles. The molecule has 4 rings (SSSR count). The predicted molar refractivity (Wildman–Crippen MR) is 124 cm³/mol. The monoisotopic (exact) mass is 445 g/mol. The summed E-state index contributed by atoms with van der Waals surface area (Å²) in [6.45, 7) is 9.16. The summed E-state index contributed by atoms with van der Waals surface area (Å²) in [6.07, 6.45) is 10.5. The van der Waals surface area contributed by atoms with Crippen LogP contribution in [-0.2, 0) is 4.74 Å². The van der Waals surface area contributed by atoms with Gasteiger partial charge < -0.3 is 20.7 Å². The Kier molecular flexibility index (Phi) is 6.52. The molecule has 2 saturated carbocycles. The molecule has 0 radical (unpaired) electrons. The molecule has 0 bridgehead atoms. The first-order chi connectivity index (χ1) is 15.1. The second-order valence-corrected chi connectivity index (χ2v) is 11.3. The molecule has 32 heavy (non-hydrogen) atoms. The zero-order valence-corrected chi connectivity index (χ0v) is 19.8. The third-order valence-electron chi connectivity index (χ3n) is 7.57. The zero-order valence-electron chi connectivity index (χ0n) is 19.8. The lowest BCUT2D eigenvalue weighted by molar-refractivity contribution is -0.00700. The van der Waals surface area contributed by atoms with E-state index in [1.54, 1.807) is 16.8 Å². The first-order valence-electron chi connectivity index (χ1n) is 12.2. The number of nitrogens with zero attached hydrogens (tertiary/aromatic N) is 3. The van der Waals surface area contributed by atoms with Gasteiger partial charge in [-0.3, -0.25) is 4.57 Å². The molecule has 2 aliphatic carbocycles. The summed E-state index contributed by atoms with van der Waals surface area (Å²) in [4.78, 5) is 30.6. The van der Waals surface area contributed by atoms with Crippen molar-refractivity contribution in [2.24, 2.45) is 11.3 Å². The van der Waals surface area contributed by atoms with Crippen LogP contribution in [0.25, 0.3) is 0 Å². The maximum Gasteiger partial charge on any atom is 0.407 e. The number of hydrogen-bond donors (Lipinski definition) is 2. The number of piperidine rings is 1. The van der Waals surface area contributed by atoms with Crippen molar-refractivity contribution in [1.29, 1.82) is 0 Å². The van der Waals surface area contributed by atoms with Gasteiger partial charge in [0.2, 0.25) is 0 Å². The van der Waals surface area contributed by atoms with E-state index < -0.39 is 5.60 Å². The van der Waals surface area contributed by atoms with E-state index in [4.69, 9.17) is 10.5 Å². The van der Waals surface area contributed by atoms with E-state index in [0.29, 0.717) is 17.2 Å². The maximum atomic E-state index is 12.1. The quantitative estimate of drug-likeness (QED) is 0.737. The minimum Gasteiger partial charge on any atom is -0.444 e. The number of hydrogen-bond acceptors (Lipinski definition) is 6. The predicted octanol–water partition coefficient (Wildman–Crippen LogP) is 3.33. The highest BCUT2D eigenvalue weighted by atomic mass is 16.6. The molecule has 178 valence electrons. The number of rotatable bonds is 4. The van der Waals surface area contributed by atoms with Crippen LogP contribution in [0, 0.1) is 11.3 Å². The number of amides is 1. The van der Waals surface area contributed by atoms with Gasteiger partial charge in [0.05, 0.1) is 0 Å². The van der Waals surface area contributed by atoms with Crippen LogP contribution in [0.3, 0.4) is 0 Å². The molecule has 3 N–H and O–H groups in total. The average Bonchev–Trinajstić information content (AvgIpc) is 2.68. The van der Waals surface area contributed by atoms with E-state index in [9.17, 15) is 9.59 Å². The molecular weight excluding hydrogens is 406 g/mol. The fourth-order valence-electron chi connectivity index (χ4n) is 5.85. The number of carbonyl (C=O) groups is 1. The normalized spacial score (nSPS) is 26.5. The fraction of sp³-hybridized carbons (Fsp3) is 0.792. The van der Waals surface area contributed by atoms with E-state index in [-0.39, 0.29) is 23.9 Å². The van der Waals surface area contributed by atoms with Crippen LogP contribution in [-0.4, -0.2) is 51.8 Å². The molecule has 1 amide bonds. The fourth-order valence-corrected chi connectivity index (χ4v) is 5.85. The molecule has 2 heterocycles. The number of alkyl carbamates (subject to hydrolysis) is 1. The van der Waals surface area contributed by atoms with Crippen LogP contribution in [0.1, 0.15) is 78.2 Å².